The van der Waals surface area contributed by atoms with Crippen LogP contribution in [0.1, 0.15) is 68.9 Å². The van der Waals surface area contributed by atoms with Gasteiger partial charge in [0.05, 0.1) is 12.7 Å². The molecule has 0 unspecified atom stereocenters. The highest BCUT2D eigenvalue weighted by Crippen LogP contribution is 2.26. The van der Waals surface area contributed by atoms with Crippen LogP contribution in [0.25, 0.3) is 0 Å². The quantitative estimate of drug-likeness (QED) is 0.310. The summed E-state index contributed by atoms with van der Waals surface area (Å²) in [5.74, 6) is -1.70. The zero-order chi connectivity index (χ0) is 29.6. The Balaban J connectivity index is 1.07. The molecule has 1 aromatic heterocycles. The number of carbonyl (C=O) groups is 3. The molecule has 2 aliphatic heterocycles. The number of hydrogen-bond donors (Lipinski definition) is 0. The third-order valence-corrected chi connectivity index (χ3v) is 8.40. The van der Waals surface area contributed by atoms with Crippen molar-refractivity contribution in [3.05, 3.63) is 94.8 Å². The first-order valence-electron chi connectivity index (χ1n) is 14.4. The van der Waals surface area contributed by atoms with Crippen molar-refractivity contribution < 1.29 is 27.9 Å². The average molecular weight is 576 g/mol. The van der Waals surface area contributed by atoms with Crippen molar-refractivity contribution in [3.63, 3.8) is 0 Å². The molecule has 0 radical (unpaired) electrons. The van der Waals surface area contributed by atoms with E-state index < -0.39 is 11.6 Å². The second-order valence-corrected chi connectivity index (χ2v) is 11.2. The Labute approximate surface area is 244 Å². The molecule has 3 heterocycles. The number of halogens is 2. The van der Waals surface area contributed by atoms with E-state index in [2.05, 4.69) is 22.0 Å². The molecule has 0 atom stereocenters. The number of methoxy groups -OCH3 is 1. The molecule has 0 saturated carbocycles. The normalized spacial score (nSPS) is 16.8. The monoisotopic (exact) mass is 575 g/mol. The van der Waals surface area contributed by atoms with Crippen LogP contribution in [0.2, 0.25) is 0 Å². The lowest BCUT2D eigenvalue weighted by Gasteiger charge is -2.31. The molecule has 0 N–H and O–H groups in total. The van der Waals surface area contributed by atoms with Gasteiger partial charge in [-0.3, -0.25) is 24.3 Å². The highest BCUT2D eigenvalue weighted by Gasteiger charge is 2.29. The van der Waals surface area contributed by atoms with Gasteiger partial charge in [-0.1, -0.05) is 12.1 Å². The molecule has 2 saturated heterocycles. The van der Waals surface area contributed by atoms with Gasteiger partial charge in [-0.15, -0.1) is 0 Å². The molecule has 42 heavy (non-hydrogen) atoms. The van der Waals surface area contributed by atoms with Gasteiger partial charge < -0.3 is 9.64 Å². The molecule has 5 rings (SSSR count). The standard InChI is InChI=1S/C33H35F2N3O4/c1-42-27-6-2-23(3-7-27)21-37-14-10-22(11-15-37)18-31(39)30-9-5-26(20-36-30)33(41)38-16-12-24(13-17-38)32(40)25-4-8-28(34)29(35)19-25/h2-9,19-20,22,24H,10-18,21H2,1H3. The molecule has 2 aromatic carbocycles. The van der Waals surface area contributed by atoms with Gasteiger partial charge in [0.1, 0.15) is 11.4 Å². The van der Waals surface area contributed by atoms with E-state index in [1.54, 1.807) is 24.1 Å². The number of hydrogen-bond acceptors (Lipinski definition) is 6. The van der Waals surface area contributed by atoms with Crippen molar-refractivity contribution in [3.8, 4) is 5.75 Å². The van der Waals surface area contributed by atoms with Gasteiger partial charge >= 0.3 is 0 Å². The molecule has 0 bridgehead atoms. The Morgan fingerprint density at radius 2 is 1.55 bits per heavy atom. The van der Waals surface area contributed by atoms with E-state index in [1.807, 2.05) is 12.1 Å². The molecule has 3 aromatic rings. The van der Waals surface area contributed by atoms with Gasteiger partial charge in [0.25, 0.3) is 5.91 Å². The summed E-state index contributed by atoms with van der Waals surface area (Å²) in [6, 6.07) is 14.5. The van der Waals surface area contributed by atoms with Gasteiger partial charge in [0.15, 0.2) is 23.2 Å². The van der Waals surface area contributed by atoms with Crippen molar-refractivity contribution >= 4 is 17.5 Å². The maximum atomic E-state index is 13.5. The number of piperidine rings is 2. The summed E-state index contributed by atoms with van der Waals surface area (Å²) in [5, 5.41) is 0. The van der Waals surface area contributed by atoms with Gasteiger partial charge in [-0.05, 0) is 92.7 Å². The van der Waals surface area contributed by atoms with Crippen LogP contribution in [0.5, 0.6) is 5.75 Å². The number of likely N-dealkylation sites (tertiary alicyclic amines) is 2. The van der Waals surface area contributed by atoms with Gasteiger partial charge in [0.2, 0.25) is 0 Å². The fourth-order valence-electron chi connectivity index (χ4n) is 5.80. The fraction of sp³-hybridized carbons (Fsp3) is 0.394. The summed E-state index contributed by atoms with van der Waals surface area (Å²) in [6.45, 7) is 3.50. The lowest BCUT2D eigenvalue weighted by Crippen LogP contribution is -2.40. The molecule has 1 amide bonds. The molecule has 0 spiro atoms. The van der Waals surface area contributed by atoms with Crippen LogP contribution in [0.15, 0.2) is 60.8 Å². The molecule has 7 nitrogen and oxygen atoms in total. The SMILES string of the molecule is COc1ccc(CN2CCC(CC(=O)c3ccc(C(=O)N4CCC(C(=O)c5ccc(F)c(F)c5)CC4)cn3)CC2)cc1. The number of amides is 1. The Morgan fingerprint density at radius 1 is 0.857 bits per heavy atom. The minimum Gasteiger partial charge on any atom is -0.497 e. The highest BCUT2D eigenvalue weighted by atomic mass is 19.2. The van der Waals surface area contributed by atoms with Crippen LogP contribution < -0.4 is 4.74 Å². The summed E-state index contributed by atoms with van der Waals surface area (Å²) < 4.78 is 32.0. The fourth-order valence-corrected chi connectivity index (χ4v) is 5.80. The predicted octanol–water partition coefficient (Wildman–Crippen LogP) is 5.59. The first-order valence-corrected chi connectivity index (χ1v) is 14.4. The number of benzene rings is 2. The van der Waals surface area contributed by atoms with Crippen molar-refractivity contribution in [1.29, 1.82) is 0 Å². The highest BCUT2D eigenvalue weighted by molar-refractivity contribution is 5.99. The molecule has 2 aliphatic rings. The number of nitrogens with zero attached hydrogens (tertiary/aromatic N) is 3. The number of aromatic nitrogens is 1. The number of pyridine rings is 1. The van der Waals surface area contributed by atoms with E-state index in [4.69, 9.17) is 4.74 Å². The summed E-state index contributed by atoms with van der Waals surface area (Å²) in [6.07, 6.45) is 4.67. The summed E-state index contributed by atoms with van der Waals surface area (Å²) >= 11 is 0. The van der Waals surface area contributed by atoms with Crippen molar-refractivity contribution in [2.24, 2.45) is 11.8 Å². The third-order valence-electron chi connectivity index (χ3n) is 8.40. The van der Waals surface area contributed by atoms with Crippen LogP contribution in [0.4, 0.5) is 8.78 Å². The van der Waals surface area contributed by atoms with E-state index in [1.165, 1.54) is 17.8 Å². The van der Waals surface area contributed by atoms with E-state index in [0.717, 1.165) is 50.4 Å². The van der Waals surface area contributed by atoms with Crippen molar-refractivity contribution in [2.75, 3.05) is 33.3 Å². The molecule has 9 heteroatoms. The zero-order valence-corrected chi connectivity index (χ0v) is 23.7. The lowest BCUT2D eigenvalue weighted by atomic mass is 9.88. The second-order valence-electron chi connectivity index (χ2n) is 11.2. The Kier molecular flexibility index (Phi) is 9.37. The van der Waals surface area contributed by atoms with Crippen LogP contribution in [-0.2, 0) is 6.54 Å². The molecular weight excluding hydrogens is 540 g/mol. The number of carbonyl (C=O) groups excluding carboxylic acids is 3. The van der Waals surface area contributed by atoms with Gasteiger partial charge in [-0.25, -0.2) is 8.78 Å². The van der Waals surface area contributed by atoms with Crippen LogP contribution in [0, 0.1) is 23.5 Å². The van der Waals surface area contributed by atoms with Crippen molar-refractivity contribution in [2.45, 2.75) is 38.6 Å². The van der Waals surface area contributed by atoms with Crippen LogP contribution in [-0.4, -0.2) is 65.5 Å². The third kappa shape index (κ3) is 7.07. The smallest absolute Gasteiger partial charge is 0.255 e. The lowest BCUT2D eigenvalue weighted by molar-refractivity contribution is 0.0649. The van der Waals surface area contributed by atoms with E-state index in [0.29, 0.717) is 49.5 Å². The number of ketones is 2. The zero-order valence-electron chi connectivity index (χ0n) is 23.7. The predicted molar refractivity (Wildman–Crippen MR) is 153 cm³/mol. The topological polar surface area (TPSA) is 79.8 Å². The molecule has 220 valence electrons. The van der Waals surface area contributed by atoms with Gasteiger partial charge in [0, 0.05) is 43.7 Å². The minimum absolute atomic E-state index is 0.0147. The Hall–Kier alpha value is -3.98. The van der Waals surface area contributed by atoms with Crippen LogP contribution in [0.3, 0.4) is 0 Å². The molecule has 2 fully saturated rings. The minimum atomic E-state index is -1.05. The number of rotatable bonds is 9. The average Bonchev–Trinajstić information content (AvgIpc) is 3.03. The van der Waals surface area contributed by atoms with Crippen molar-refractivity contribution in [1.82, 2.24) is 14.8 Å². The van der Waals surface area contributed by atoms with Gasteiger partial charge in [-0.2, -0.15) is 0 Å². The first kappa shape index (κ1) is 29.5. The molecular formula is C33H35F2N3O4. The summed E-state index contributed by atoms with van der Waals surface area (Å²) in [4.78, 5) is 47.1. The second kappa shape index (κ2) is 13.3. The maximum Gasteiger partial charge on any atom is 0.255 e. The summed E-state index contributed by atoms with van der Waals surface area (Å²) in [5.41, 5.74) is 2.14. The Bertz CT molecular complexity index is 1410. The summed E-state index contributed by atoms with van der Waals surface area (Å²) in [7, 11) is 1.66. The van der Waals surface area contributed by atoms with E-state index in [9.17, 15) is 23.2 Å². The number of ether oxygens (including phenoxy) is 1. The van der Waals surface area contributed by atoms with E-state index >= 15 is 0 Å². The van der Waals surface area contributed by atoms with E-state index in [-0.39, 0.29) is 29.0 Å². The Morgan fingerprint density at radius 3 is 2.17 bits per heavy atom. The molecule has 0 aliphatic carbocycles. The van der Waals surface area contributed by atoms with Crippen LogP contribution >= 0.6 is 0 Å². The number of Topliss-reactive ketones (excluding diaryl/α,β-unsaturated/α-hetero) is 2. The maximum absolute atomic E-state index is 13.5. The first-order chi connectivity index (χ1) is 20.3. The largest absolute Gasteiger partial charge is 0.497 e.